The van der Waals surface area contributed by atoms with Crippen LogP contribution in [0.15, 0.2) is 29.1 Å². The number of hydrogen-bond acceptors (Lipinski definition) is 5. The number of methoxy groups -OCH3 is 1. The van der Waals surface area contributed by atoms with Crippen molar-refractivity contribution in [1.82, 2.24) is 9.55 Å². The van der Waals surface area contributed by atoms with Crippen LogP contribution < -0.4 is 16.2 Å². The average Bonchev–Trinajstić information content (AvgIpc) is 2.64. The van der Waals surface area contributed by atoms with E-state index in [1.54, 1.807) is 18.2 Å². The highest BCUT2D eigenvalue weighted by molar-refractivity contribution is 5.78. The maximum absolute atomic E-state index is 12.8. The van der Waals surface area contributed by atoms with Gasteiger partial charge in [-0.1, -0.05) is 12.1 Å². The molecule has 1 saturated heterocycles. The molecule has 8 nitrogen and oxygen atoms in total. The van der Waals surface area contributed by atoms with Gasteiger partial charge in [-0.05, 0) is 12.1 Å². The minimum absolute atomic E-state index is 0.0684. The molecule has 3 rings (SSSR count). The third-order valence-corrected chi connectivity index (χ3v) is 4.89. The summed E-state index contributed by atoms with van der Waals surface area (Å²) in [6.07, 6.45) is 1.46. The molecule has 1 aromatic carbocycles. The van der Waals surface area contributed by atoms with Gasteiger partial charge in [0.05, 0.1) is 37.0 Å². The van der Waals surface area contributed by atoms with Crippen molar-refractivity contribution in [2.45, 2.75) is 25.9 Å². The van der Waals surface area contributed by atoms with Gasteiger partial charge in [-0.15, -0.1) is 0 Å². The Morgan fingerprint density at radius 1 is 1.31 bits per heavy atom. The highest BCUT2D eigenvalue weighted by atomic mass is 16.5. The molecule has 0 aliphatic carbocycles. The van der Waals surface area contributed by atoms with E-state index < -0.39 is 5.91 Å². The number of piperidine rings is 1. The molecule has 1 aliphatic rings. The molecule has 0 unspecified atom stereocenters. The molecule has 0 saturated carbocycles. The first-order chi connectivity index (χ1) is 12.5. The number of carbonyl (C=O) groups excluding carboxylic acids is 2. The number of nitrogens with one attached hydrogen (secondary N) is 1. The molecule has 0 radical (unpaired) electrons. The lowest BCUT2D eigenvalue weighted by Gasteiger charge is -2.28. The Labute approximate surface area is 150 Å². The third kappa shape index (κ3) is 3.75. The normalized spacial score (nSPS) is 20.0. The van der Waals surface area contributed by atoms with Crippen LogP contribution in [0.4, 0.5) is 0 Å². The van der Waals surface area contributed by atoms with Gasteiger partial charge in [-0.2, -0.15) is 0 Å². The number of esters is 1. The van der Waals surface area contributed by atoms with Crippen LogP contribution in [0.25, 0.3) is 10.9 Å². The quantitative estimate of drug-likeness (QED) is 0.656. The van der Waals surface area contributed by atoms with E-state index in [1.165, 1.54) is 16.6 Å². The Morgan fingerprint density at radius 2 is 2.00 bits per heavy atom. The highest BCUT2D eigenvalue weighted by Crippen LogP contribution is 2.12. The number of nitrogens with zero attached hydrogens (tertiary/aromatic N) is 2. The van der Waals surface area contributed by atoms with E-state index in [-0.39, 0.29) is 24.0 Å². The Hall–Kier alpha value is -2.74. The topological polar surface area (TPSA) is 109 Å². The molecule has 1 amide bonds. The van der Waals surface area contributed by atoms with Crippen LogP contribution in [-0.2, 0) is 27.4 Å². The summed E-state index contributed by atoms with van der Waals surface area (Å²) in [6.45, 7) is 1.86. The zero-order chi connectivity index (χ0) is 18.7. The summed E-state index contributed by atoms with van der Waals surface area (Å²) in [7, 11) is 1.41. The molecule has 3 N–H and O–H groups in total. The summed E-state index contributed by atoms with van der Waals surface area (Å²) in [5.41, 5.74) is 5.67. The zero-order valence-corrected chi connectivity index (χ0v) is 14.7. The highest BCUT2D eigenvalue weighted by Gasteiger charge is 2.29. The molecule has 2 heterocycles. The first-order valence-corrected chi connectivity index (χ1v) is 8.67. The van der Waals surface area contributed by atoms with Crippen LogP contribution in [0.3, 0.4) is 0 Å². The number of rotatable bonds is 5. The number of carbonyl (C=O) groups is 2. The second-order valence-electron chi connectivity index (χ2n) is 6.63. The smallest absolute Gasteiger partial charge is 0.309 e. The molecule has 138 valence electrons. The molecule has 1 aromatic heterocycles. The number of fused-ring (bicyclic) bond motifs is 1. The second kappa shape index (κ2) is 7.65. The van der Waals surface area contributed by atoms with Gasteiger partial charge in [0.25, 0.3) is 5.56 Å². The van der Waals surface area contributed by atoms with Gasteiger partial charge in [-0.25, -0.2) is 4.98 Å². The number of nitrogens with two attached hydrogens (primary N) is 1. The van der Waals surface area contributed by atoms with E-state index >= 15 is 0 Å². The van der Waals surface area contributed by atoms with Crippen molar-refractivity contribution in [3.05, 3.63) is 40.4 Å². The van der Waals surface area contributed by atoms with Crippen molar-refractivity contribution < 1.29 is 19.2 Å². The maximum atomic E-state index is 12.8. The van der Waals surface area contributed by atoms with Gasteiger partial charge in [0.1, 0.15) is 13.1 Å². The monoisotopic (exact) mass is 359 g/mol. The van der Waals surface area contributed by atoms with Crippen LogP contribution in [0, 0.1) is 5.92 Å². The van der Waals surface area contributed by atoms with E-state index in [2.05, 4.69) is 4.98 Å². The Bertz CT molecular complexity index is 884. The largest absolute Gasteiger partial charge is 0.469 e. The molecule has 2 aromatic rings. The Balaban J connectivity index is 1.86. The fraction of sp³-hybridized carbons (Fsp3) is 0.444. The van der Waals surface area contributed by atoms with Gasteiger partial charge in [-0.3, -0.25) is 19.0 Å². The fourth-order valence-electron chi connectivity index (χ4n) is 3.50. The number of para-hydroxylation sites is 1. The number of likely N-dealkylation sites (tertiary alicyclic amines) is 1. The predicted octanol–water partition coefficient (Wildman–Crippen LogP) is -1.15. The van der Waals surface area contributed by atoms with Gasteiger partial charge < -0.3 is 15.4 Å². The zero-order valence-electron chi connectivity index (χ0n) is 14.7. The number of hydrogen-bond donors (Lipinski definition) is 2. The van der Waals surface area contributed by atoms with Crippen molar-refractivity contribution in [2.75, 3.05) is 20.2 Å². The summed E-state index contributed by atoms with van der Waals surface area (Å²) in [5, 5.41) is 0.469. The number of aromatic nitrogens is 2. The first kappa shape index (κ1) is 18.1. The van der Waals surface area contributed by atoms with E-state index in [4.69, 9.17) is 10.5 Å². The third-order valence-electron chi connectivity index (χ3n) is 4.89. The number of primary amides is 1. The maximum Gasteiger partial charge on any atom is 0.309 e. The van der Waals surface area contributed by atoms with E-state index in [0.29, 0.717) is 23.3 Å². The number of quaternary nitrogens is 1. The van der Waals surface area contributed by atoms with Gasteiger partial charge in [0.2, 0.25) is 5.91 Å². The molecule has 1 aliphatic heterocycles. The van der Waals surface area contributed by atoms with E-state index in [1.807, 2.05) is 6.07 Å². The predicted molar refractivity (Wildman–Crippen MR) is 94.3 cm³/mol. The lowest BCUT2D eigenvalue weighted by atomic mass is 9.97. The molecule has 1 fully saturated rings. The van der Waals surface area contributed by atoms with Gasteiger partial charge in [0, 0.05) is 12.8 Å². The number of amides is 1. The Morgan fingerprint density at radius 3 is 2.65 bits per heavy atom. The van der Waals surface area contributed by atoms with Gasteiger partial charge in [0.15, 0.2) is 5.82 Å². The summed E-state index contributed by atoms with van der Waals surface area (Å²) in [5.74, 6) is -0.275. The van der Waals surface area contributed by atoms with Crippen LogP contribution in [0.2, 0.25) is 0 Å². The van der Waals surface area contributed by atoms with Crippen LogP contribution in [0.5, 0.6) is 0 Å². The summed E-state index contributed by atoms with van der Waals surface area (Å²) < 4.78 is 6.18. The van der Waals surface area contributed by atoms with Crippen LogP contribution in [-0.4, -0.2) is 41.6 Å². The summed E-state index contributed by atoms with van der Waals surface area (Å²) >= 11 is 0. The van der Waals surface area contributed by atoms with Crippen molar-refractivity contribution in [3.63, 3.8) is 0 Å². The summed E-state index contributed by atoms with van der Waals surface area (Å²) in [6, 6.07) is 7.07. The Kier molecular flexibility index (Phi) is 5.32. The fourth-order valence-corrected chi connectivity index (χ4v) is 3.50. The molecular weight excluding hydrogens is 336 g/mol. The van der Waals surface area contributed by atoms with E-state index in [0.717, 1.165) is 25.9 Å². The van der Waals surface area contributed by atoms with Crippen molar-refractivity contribution in [3.8, 4) is 0 Å². The summed E-state index contributed by atoms with van der Waals surface area (Å²) in [4.78, 5) is 41.6. The number of benzene rings is 1. The number of ether oxygens (including phenoxy) is 1. The van der Waals surface area contributed by atoms with E-state index in [9.17, 15) is 14.4 Å². The lowest BCUT2D eigenvalue weighted by Crippen LogP contribution is -3.12. The average molecular weight is 359 g/mol. The molecule has 0 bridgehead atoms. The SMILES string of the molecule is COC(=O)C1CC[NH+](Cc2nc3ccccc3c(=O)n2CC(N)=O)CC1. The molecule has 26 heavy (non-hydrogen) atoms. The minimum Gasteiger partial charge on any atom is -0.469 e. The van der Waals surface area contributed by atoms with Crippen molar-refractivity contribution >= 4 is 22.8 Å². The lowest BCUT2D eigenvalue weighted by molar-refractivity contribution is -0.920. The molecule has 8 heteroatoms. The molecular formula is C18H23N4O4+. The molecule has 0 spiro atoms. The minimum atomic E-state index is -0.579. The second-order valence-corrected chi connectivity index (χ2v) is 6.63. The van der Waals surface area contributed by atoms with Crippen molar-refractivity contribution in [1.29, 1.82) is 0 Å². The van der Waals surface area contributed by atoms with Crippen LogP contribution in [0.1, 0.15) is 18.7 Å². The standard InChI is InChI=1S/C18H22N4O4/c1-26-18(25)12-6-8-21(9-7-12)11-16-20-14-5-3-2-4-13(14)17(24)22(16)10-15(19)23/h2-5,12H,6-11H2,1H3,(H2,19,23)/p+1. The van der Waals surface area contributed by atoms with Gasteiger partial charge >= 0.3 is 5.97 Å². The van der Waals surface area contributed by atoms with Crippen LogP contribution >= 0.6 is 0 Å². The molecule has 0 atom stereocenters. The first-order valence-electron chi connectivity index (χ1n) is 8.67. The van der Waals surface area contributed by atoms with Crippen molar-refractivity contribution in [2.24, 2.45) is 11.7 Å².